The zero-order chi connectivity index (χ0) is 11.1. The predicted octanol–water partition coefficient (Wildman–Crippen LogP) is 2.68. The van der Waals surface area contributed by atoms with Crippen LogP contribution in [0.25, 0.3) is 6.08 Å². The number of halogens is 1. The third-order valence-electron chi connectivity index (χ3n) is 2.11. The van der Waals surface area contributed by atoms with Gasteiger partial charge in [0, 0.05) is 6.54 Å². The average molecular weight is 272 g/mol. The molecule has 1 aromatic heterocycles. The average Bonchev–Trinajstić information content (AvgIpc) is 2.56. The maximum atomic E-state index is 4.31. The minimum Gasteiger partial charge on any atom is -0.319 e. The van der Waals surface area contributed by atoms with Crippen molar-refractivity contribution in [2.75, 3.05) is 13.6 Å². The van der Waals surface area contributed by atoms with Gasteiger partial charge in [-0.15, -0.1) is 0 Å². The SMILES string of the molecule is CCCn1ncc(Br)c1/C=C/CCNC. The highest BCUT2D eigenvalue weighted by Gasteiger charge is 2.03. The van der Waals surface area contributed by atoms with Gasteiger partial charge in [-0.2, -0.15) is 5.10 Å². The van der Waals surface area contributed by atoms with Crippen LogP contribution in [0.1, 0.15) is 25.5 Å². The van der Waals surface area contributed by atoms with Crippen molar-refractivity contribution in [3.8, 4) is 0 Å². The summed E-state index contributed by atoms with van der Waals surface area (Å²) in [4.78, 5) is 0. The molecule has 3 nitrogen and oxygen atoms in total. The Balaban J connectivity index is 2.65. The molecule has 0 aliphatic rings. The fourth-order valence-electron chi connectivity index (χ4n) is 1.35. The third-order valence-corrected chi connectivity index (χ3v) is 2.72. The molecule has 1 N–H and O–H groups in total. The summed E-state index contributed by atoms with van der Waals surface area (Å²) < 4.78 is 3.09. The summed E-state index contributed by atoms with van der Waals surface area (Å²) in [5, 5.41) is 7.42. The summed E-state index contributed by atoms with van der Waals surface area (Å²) in [6, 6.07) is 0. The van der Waals surface area contributed by atoms with Crippen LogP contribution in [0, 0.1) is 0 Å². The molecule has 0 fully saturated rings. The fourth-order valence-corrected chi connectivity index (χ4v) is 1.78. The summed E-state index contributed by atoms with van der Waals surface area (Å²) in [6.45, 7) is 4.14. The Morgan fingerprint density at radius 2 is 2.40 bits per heavy atom. The van der Waals surface area contributed by atoms with E-state index in [-0.39, 0.29) is 0 Å². The molecule has 0 amide bonds. The topological polar surface area (TPSA) is 29.9 Å². The first-order valence-electron chi connectivity index (χ1n) is 5.32. The largest absolute Gasteiger partial charge is 0.319 e. The number of nitrogens with zero attached hydrogens (tertiary/aromatic N) is 2. The maximum absolute atomic E-state index is 4.31. The van der Waals surface area contributed by atoms with Gasteiger partial charge in [0.25, 0.3) is 0 Å². The van der Waals surface area contributed by atoms with Crippen LogP contribution in [0.2, 0.25) is 0 Å². The highest BCUT2D eigenvalue weighted by atomic mass is 79.9. The molecule has 0 bridgehead atoms. The molecule has 0 radical (unpaired) electrons. The third kappa shape index (κ3) is 3.80. The van der Waals surface area contributed by atoms with Crippen molar-refractivity contribution in [2.24, 2.45) is 0 Å². The summed E-state index contributed by atoms with van der Waals surface area (Å²) in [5.74, 6) is 0. The number of aryl methyl sites for hydroxylation is 1. The Kier molecular flexibility index (Phi) is 5.65. The molecule has 0 aromatic carbocycles. The number of aromatic nitrogens is 2. The van der Waals surface area contributed by atoms with Crippen LogP contribution in [0.5, 0.6) is 0 Å². The second-order valence-electron chi connectivity index (χ2n) is 3.40. The number of rotatable bonds is 6. The molecule has 84 valence electrons. The smallest absolute Gasteiger partial charge is 0.0749 e. The van der Waals surface area contributed by atoms with E-state index in [1.807, 2.05) is 17.9 Å². The number of nitrogens with one attached hydrogen (secondary N) is 1. The highest BCUT2D eigenvalue weighted by Crippen LogP contribution is 2.17. The van der Waals surface area contributed by atoms with E-state index < -0.39 is 0 Å². The Labute approximate surface area is 99.7 Å². The van der Waals surface area contributed by atoms with Crippen LogP contribution in [0.15, 0.2) is 16.7 Å². The maximum Gasteiger partial charge on any atom is 0.0749 e. The van der Waals surface area contributed by atoms with Gasteiger partial charge in [-0.25, -0.2) is 0 Å². The molecule has 0 saturated carbocycles. The zero-order valence-corrected chi connectivity index (χ0v) is 10.9. The van der Waals surface area contributed by atoms with Gasteiger partial charge < -0.3 is 5.32 Å². The van der Waals surface area contributed by atoms with Gasteiger partial charge in [0.1, 0.15) is 0 Å². The summed E-state index contributed by atoms with van der Waals surface area (Å²) in [7, 11) is 1.96. The van der Waals surface area contributed by atoms with Crippen molar-refractivity contribution < 1.29 is 0 Å². The van der Waals surface area contributed by atoms with Crippen LogP contribution < -0.4 is 5.32 Å². The molecule has 0 aliphatic heterocycles. The highest BCUT2D eigenvalue weighted by molar-refractivity contribution is 9.10. The first kappa shape index (κ1) is 12.5. The second kappa shape index (κ2) is 6.80. The van der Waals surface area contributed by atoms with Crippen LogP contribution in [0.3, 0.4) is 0 Å². The number of hydrogen-bond acceptors (Lipinski definition) is 2. The second-order valence-corrected chi connectivity index (χ2v) is 4.25. The van der Waals surface area contributed by atoms with E-state index in [2.05, 4.69) is 45.4 Å². The molecule has 0 saturated heterocycles. The summed E-state index contributed by atoms with van der Waals surface area (Å²) in [6.07, 6.45) is 8.30. The first-order valence-corrected chi connectivity index (χ1v) is 6.11. The van der Waals surface area contributed by atoms with E-state index in [1.165, 1.54) is 0 Å². The normalized spacial score (nSPS) is 11.4. The lowest BCUT2D eigenvalue weighted by Crippen LogP contribution is -2.06. The van der Waals surface area contributed by atoms with E-state index in [9.17, 15) is 0 Å². The minimum atomic E-state index is 0.970. The molecular formula is C11H18BrN3. The van der Waals surface area contributed by atoms with Gasteiger partial charge in [0.2, 0.25) is 0 Å². The van der Waals surface area contributed by atoms with Crippen molar-refractivity contribution in [1.82, 2.24) is 15.1 Å². The Morgan fingerprint density at radius 3 is 3.07 bits per heavy atom. The molecule has 1 rings (SSSR count). The van der Waals surface area contributed by atoms with E-state index in [0.717, 1.165) is 36.1 Å². The van der Waals surface area contributed by atoms with Crippen molar-refractivity contribution in [3.05, 3.63) is 22.4 Å². The van der Waals surface area contributed by atoms with E-state index in [0.29, 0.717) is 0 Å². The Morgan fingerprint density at radius 1 is 1.60 bits per heavy atom. The molecule has 1 aromatic rings. The molecule has 0 unspecified atom stereocenters. The van der Waals surface area contributed by atoms with E-state index in [1.54, 1.807) is 0 Å². The summed E-state index contributed by atoms with van der Waals surface area (Å²) in [5.41, 5.74) is 1.16. The minimum absolute atomic E-state index is 0.970. The molecule has 1 heterocycles. The van der Waals surface area contributed by atoms with E-state index in [4.69, 9.17) is 0 Å². The number of hydrogen-bond donors (Lipinski definition) is 1. The van der Waals surface area contributed by atoms with Gasteiger partial charge in [0.15, 0.2) is 0 Å². The fraction of sp³-hybridized carbons (Fsp3) is 0.545. The first-order chi connectivity index (χ1) is 7.29. The van der Waals surface area contributed by atoms with Gasteiger partial charge in [-0.1, -0.05) is 13.0 Å². The van der Waals surface area contributed by atoms with Crippen LogP contribution in [0.4, 0.5) is 0 Å². The molecule has 0 spiro atoms. The van der Waals surface area contributed by atoms with Crippen molar-refractivity contribution >= 4 is 22.0 Å². The summed E-state index contributed by atoms with van der Waals surface area (Å²) >= 11 is 3.51. The van der Waals surface area contributed by atoms with Crippen molar-refractivity contribution in [2.45, 2.75) is 26.3 Å². The van der Waals surface area contributed by atoms with Crippen LogP contribution >= 0.6 is 15.9 Å². The Hall–Kier alpha value is -0.610. The molecule has 0 atom stereocenters. The lowest BCUT2D eigenvalue weighted by molar-refractivity contribution is 0.597. The van der Waals surface area contributed by atoms with E-state index >= 15 is 0 Å². The Bertz CT molecular complexity index is 318. The zero-order valence-electron chi connectivity index (χ0n) is 9.33. The van der Waals surface area contributed by atoms with Gasteiger partial charge in [-0.3, -0.25) is 4.68 Å². The predicted molar refractivity (Wildman–Crippen MR) is 67.8 cm³/mol. The molecule has 4 heteroatoms. The van der Waals surface area contributed by atoms with Crippen LogP contribution in [-0.2, 0) is 6.54 Å². The van der Waals surface area contributed by atoms with Crippen molar-refractivity contribution in [3.63, 3.8) is 0 Å². The quantitative estimate of drug-likeness (QED) is 0.807. The molecular weight excluding hydrogens is 254 g/mol. The lowest BCUT2D eigenvalue weighted by atomic mass is 10.3. The monoisotopic (exact) mass is 271 g/mol. The van der Waals surface area contributed by atoms with Gasteiger partial charge >= 0.3 is 0 Å². The molecule has 15 heavy (non-hydrogen) atoms. The van der Waals surface area contributed by atoms with Crippen LogP contribution in [-0.4, -0.2) is 23.4 Å². The molecule has 0 aliphatic carbocycles. The van der Waals surface area contributed by atoms with Gasteiger partial charge in [-0.05, 0) is 48.4 Å². The van der Waals surface area contributed by atoms with Gasteiger partial charge in [0.05, 0.1) is 16.4 Å². The lowest BCUT2D eigenvalue weighted by Gasteiger charge is -2.02. The standard InChI is InChI=1S/C11H18BrN3/c1-3-8-15-11(10(12)9-14-15)6-4-5-7-13-2/h4,6,9,13H,3,5,7-8H2,1-2H3/b6-4+. The van der Waals surface area contributed by atoms with Crippen molar-refractivity contribution in [1.29, 1.82) is 0 Å².